The number of aliphatic hydroxyl groups excluding tert-OH is 2. The Morgan fingerprint density at radius 1 is 0.629 bits per heavy atom. The van der Waals surface area contributed by atoms with Gasteiger partial charge in [-0.05, 0) is 81.3 Å². The summed E-state index contributed by atoms with van der Waals surface area (Å²) in [6.45, 7) is 2.53. The van der Waals surface area contributed by atoms with Crippen molar-refractivity contribution in [2.24, 2.45) is 61.0 Å². The van der Waals surface area contributed by atoms with Gasteiger partial charge in [-0.3, -0.25) is 53.3 Å². The monoisotopic (exact) mass is 1250 g/mol. The van der Waals surface area contributed by atoms with Crippen LogP contribution < -0.4 is 82.7 Å². The van der Waals surface area contributed by atoms with E-state index in [0.717, 1.165) is 0 Å². The molecule has 2 aromatic rings. The van der Waals surface area contributed by atoms with Gasteiger partial charge in [0.25, 0.3) is 0 Å². The van der Waals surface area contributed by atoms with Crippen molar-refractivity contribution < 1.29 is 62.9 Å². The molecule has 2 fully saturated rings. The number of esters is 2. The molecule has 0 aromatic heterocycles. The highest BCUT2D eigenvalue weighted by molar-refractivity contribution is 5.99. The van der Waals surface area contributed by atoms with E-state index in [9.17, 15) is 58.2 Å². The molecular formula is C57H89N19O13. The summed E-state index contributed by atoms with van der Waals surface area (Å²) in [6, 6.07) is 5.21. The largest absolute Gasteiger partial charge is 0.394 e. The van der Waals surface area contributed by atoms with Gasteiger partial charge in [0.05, 0.1) is 31.3 Å². The van der Waals surface area contributed by atoms with Gasteiger partial charge in [0.1, 0.15) is 42.3 Å². The van der Waals surface area contributed by atoms with E-state index in [0.29, 0.717) is 24.0 Å². The third-order valence-corrected chi connectivity index (χ3v) is 14.3. The molecule has 4 rings (SSSR count). The van der Waals surface area contributed by atoms with Gasteiger partial charge in [-0.1, -0.05) is 74.5 Å². The molecule has 10 unspecified atom stereocenters. The number of likely N-dealkylation sites (tertiary alicyclic amines) is 1. The number of carbonyl (C=O) groups is 10. The van der Waals surface area contributed by atoms with Crippen molar-refractivity contribution >= 4 is 77.1 Å². The molecule has 0 saturated carbocycles. The third kappa shape index (κ3) is 26.1. The quantitative estimate of drug-likeness (QED) is 0.00992. The summed E-state index contributed by atoms with van der Waals surface area (Å²) in [5.41, 5.74) is 40.1. The second kappa shape index (κ2) is 37.6. The molecule has 10 atom stereocenters. The lowest BCUT2D eigenvalue weighted by Crippen LogP contribution is -2.60. The highest BCUT2D eigenvalue weighted by Crippen LogP contribution is 2.22. The number of nitrogens with one attached hydrogen (secondary N) is 8. The summed E-state index contributed by atoms with van der Waals surface area (Å²) in [7, 11) is 0. The van der Waals surface area contributed by atoms with E-state index in [4.69, 9.17) is 44.9 Å². The van der Waals surface area contributed by atoms with Crippen molar-refractivity contribution in [2.45, 2.75) is 151 Å². The van der Waals surface area contributed by atoms with Gasteiger partial charge in [0.2, 0.25) is 47.3 Å². The highest BCUT2D eigenvalue weighted by Gasteiger charge is 2.41. The normalized spacial score (nSPS) is 17.6. The Morgan fingerprint density at radius 3 is 1.62 bits per heavy atom. The summed E-state index contributed by atoms with van der Waals surface area (Å²) in [5.74, 6) is -9.59. The molecule has 8 amide bonds. The second-order valence-corrected chi connectivity index (χ2v) is 22.1. The van der Waals surface area contributed by atoms with Crippen molar-refractivity contribution in [1.29, 1.82) is 0 Å². The smallest absolute Gasteiger partial charge is 0.336 e. The van der Waals surface area contributed by atoms with Crippen LogP contribution in [0.3, 0.4) is 0 Å². The van der Waals surface area contributed by atoms with Gasteiger partial charge >= 0.3 is 11.9 Å². The van der Waals surface area contributed by atoms with Crippen molar-refractivity contribution in [3.63, 3.8) is 0 Å². The standard InChI is InChI=1S/C57H89N19O13/c1-32(2)25-40(48(82)72-38(19-11-23-67-57(63)64)53(87)89-54(88)44-20-12-24-76(44)52(86)37(18-10-22-66-56(61)62)71-46(80)36(58)17-9-21-65-55(59)60)73-50(84)42(27-34-15-7-4-8-16-34)74-51(85)43(31-77)75-49(83)41(26-33-13-5-3-6-14-33)70-45(79)30-69-47(81)39-28-35(78)29-68-39/h3-8,13-16,32,35-44,68,77-78H,9-12,17-31,58H2,1-2H3,(H,69,81)(H,70,79)(H,71,80)(H,72,82)(H,73,84)(H,74,85)(H,75,83)(H4,59,60,65)(H4,61,62,66)(H4,63,64,67). The summed E-state index contributed by atoms with van der Waals surface area (Å²) in [6.07, 6.45) is 0.122. The zero-order valence-corrected chi connectivity index (χ0v) is 50.3. The number of benzene rings is 2. The second-order valence-electron chi connectivity index (χ2n) is 22.1. The number of guanidine groups is 3. The molecule has 2 aromatic carbocycles. The molecule has 89 heavy (non-hydrogen) atoms. The Morgan fingerprint density at radius 2 is 1.10 bits per heavy atom. The van der Waals surface area contributed by atoms with Crippen LogP contribution in [-0.2, 0) is 65.5 Å². The Labute approximate surface area is 515 Å². The first-order valence-electron chi connectivity index (χ1n) is 29.5. The number of rotatable bonds is 36. The van der Waals surface area contributed by atoms with E-state index in [1.165, 1.54) is 4.90 Å². The lowest BCUT2D eigenvalue weighted by Gasteiger charge is -2.29. The van der Waals surface area contributed by atoms with Crippen LogP contribution in [0.15, 0.2) is 75.6 Å². The molecule has 2 saturated heterocycles. The maximum atomic E-state index is 14.5. The fraction of sp³-hybridized carbons (Fsp3) is 0.561. The fourth-order valence-electron chi connectivity index (χ4n) is 9.71. The van der Waals surface area contributed by atoms with Crippen LogP contribution in [0.1, 0.15) is 89.2 Å². The lowest BCUT2D eigenvalue weighted by molar-refractivity contribution is -0.167. The molecule has 2 aliphatic heterocycles. The number of carbonyl (C=O) groups excluding carboxylic acids is 10. The van der Waals surface area contributed by atoms with Crippen molar-refractivity contribution in [2.75, 3.05) is 45.9 Å². The summed E-state index contributed by atoms with van der Waals surface area (Å²) in [4.78, 5) is 152. The molecule has 32 heteroatoms. The minimum Gasteiger partial charge on any atom is -0.394 e. The molecular weight excluding hydrogens is 1160 g/mol. The number of β-amino-alcohol motifs (C(OH)–C–C–N with tert-alkyl or cyclic N) is 1. The first kappa shape index (κ1) is 72.5. The molecule has 0 spiro atoms. The van der Waals surface area contributed by atoms with Crippen LogP contribution in [0, 0.1) is 5.92 Å². The zero-order valence-electron chi connectivity index (χ0n) is 50.3. The average Bonchev–Trinajstić information content (AvgIpc) is 4.11. The number of aliphatic hydroxyl groups is 2. The highest BCUT2D eigenvalue weighted by atomic mass is 16.6. The first-order chi connectivity index (χ1) is 42.3. The van der Waals surface area contributed by atoms with Crippen LogP contribution in [0.4, 0.5) is 0 Å². The predicted octanol–water partition coefficient (Wildman–Crippen LogP) is -6.19. The summed E-state index contributed by atoms with van der Waals surface area (Å²) in [5, 5.41) is 41.2. The van der Waals surface area contributed by atoms with Gasteiger partial charge in [-0.25, -0.2) is 9.59 Å². The Kier molecular flexibility index (Phi) is 30.6. The average molecular weight is 1250 g/mol. The van der Waals surface area contributed by atoms with Crippen LogP contribution in [0.5, 0.6) is 0 Å². The minimum atomic E-state index is -1.70. The van der Waals surface area contributed by atoms with E-state index in [1.54, 1.807) is 74.5 Å². The van der Waals surface area contributed by atoms with Gasteiger partial charge in [0, 0.05) is 45.6 Å². The molecule has 490 valence electrons. The molecule has 0 radical (unpaired) electrons. The van der Waals surface area contributed by atoms with Crippen molar-refractivity contribution in [3.8, 4) is 0 Å². The van der Waals surface area contributed by atoms with Crippen LogP contribution in [-0.4, -0.2) is 199 Å². The topological polar surface area (TPSA) is 539 Å². The van der Waals surface area contributed by atoms with E-state index in [2.05, 4.69) is 57.5 Å². The van der Waals surface area contributed by atoms with E-state index < -0.39 is 133 Å². The van der Waals surface area contributed by atoms with Gasteiger partial charge in [-0.15, -0.1) is 0 Å². The van der Waals surface area contributed by atoms with Gasteiger partial charge < -0.3 is 103 Å². The van der Waals surface area contributed by atoms with E-state index >= 15 is 0 Å². The van der Waals surface area contributed by atoms with Crippen LogP contribution in [0.25, 0.3) is 0 Å². The van der Waals surface area contributed by atoms with Crippen molar-refractivity contribution in [1.82, 2.24) is 47.4 Å². The minimum absolute atomic E-state index is 0.0210. The molecule has 0 bridgehead atoms. The Hall–Kier alpha value is -9.01. The predicted molar refractivity (Wildman–Crippen MR) is 327 cm³/mol. The number of hydrogen-bond acceptors (Lipinski definition) is 18. The SMILES string of the molecule is CC(C)CC(NC(=O)C(Cc1ccccc1)NC(=O)C(CO)NC(=O)C(Cc1ccccc1)NC(=O)CNC(=O)C1CC(O)CN1)C(=O)NC(CCCN=C(N)N)C(=O)OC(=O)C1CCCN1C(=O)C(CCCN=C(N)N)NC(=O)C(N)CCCN=C(N)N. The van der Waals surface area contributed by atoms with E-state index in [-0.39, 0.29) is 121 Å². The zero-order chi connectivity index (χ0) is 65.6. The maximum absolute atomic E-state index is 14.5. The molecule has 2 aliphatic rings. The Bertz CT molecular complexity index is 2780. The third-order valence-electron chi connectivity index (χ3n) is 14.3. The first-order valence-corrected chi connectivity index (χ1v) is 29.5. The van der Waals surface area contributed by atoms with Crippen molar-refractivity contribution in [3.05, 3.63) is 71.8 Å². The fourth-order valence-corrected chi connectivity index (χ4v) is 9.71. The molecule has 32 nitrogen and oxygen atoms in total. The van der Waals surface area contributed by atoms with Crippen LogP contribution >= 0.6 is 0 Å². The van der Waals surface area contributed by atoms with Crippen LogP contribution in [0.2, 0.25) is 0 Å². The lowest BCUT2D eigenvalue weighted by atomic mass is 10.00. The van der Waals surface area contributed by atoms with E-state index in [1.807, 2.05) is 0 Å². The molecule has 2 heterocycles. The number of amides is 8. The number of nitrogens with two attached hydrogens (primary N) is 7. The molecule has 24 N–H and O–H groups in total. The number of nitrogens with zero attached hydrogens (tertiary/aromatic N) is 4. The number of hydrogen-bond donors (Lipinski definition) is 17. The maximum Gasteiger partial charge on any atom is 0.336 e. The molecule has 0 aliphatic carbocycles. The van der Waals surface area contributed by atoms with Gasteiger partial charge in [0.15, 0.2) is 17.9 Å². The van der Waals surface area contributed by atoms with Gasteiger partial charge in [-0.2, -0.15) is 0 Å². The number of aliphatic imine (C=N–C) groups is 3. The number of ether oxygens (including phenoxy) is 1. The Balaban J connectivity index is 1.53. The summed E-state index contributed by atoms with van der Waals surface area (Å²) >= 11 is 0. The summed E-state index contributed by atoms with van der Waals surface area (Å²) < 4.78 is 5.42.